The number of carbonyl (C=O) groups excluding carboxylic acids is 1. The molecule has 0 aliphatic heterocycles. The predicted octanol–water partition coefficient (Wildman–Crippen LogP) is 7.57. The summed E-state index contributed by atoms with van der Waals surface area (Å²) in [7, 11) is -3.71. The quantitative estimate of drug-likeness (QED) is 0.157. The first-order valence-corrected chi connectivity index (χ1v) is 18.9. The van der Waals surface area contributed by atoms with E-state index in [1.54, 1.807) is 0 Å². The Morgan fingerprint density at radius 2 is 1.67 bits per heavy atom. The zero-order chi connectivity index (χ0) is 34.1. The van der Waals surface area contributed by atoms with Crippen molar-refractivity contribution in [3.05, 3.63) is 130 Å². The number of allylic oxidation sites excluding steroid dienone is 2. The van der Waals surface area contributed by atoms with E-state index < -0.39 is 27.1 Å². The fourth-order valence-electron chi connectivity index (χ4n) is 8.14. The summed E-state index contributed by atoms with van der Waals surface area (Å²) in [6.07, 6.45) is 7.04. The number of aliphatic hydroxyl groups is 2. The van der Waals surface area contributed by atoms with Crippen LogP contribution in [0.15, 0.2) is 103 Å². The molecule has 7 rings (SSSR count). The van der Waals surface area contributed by atoms with Crippen molar-refractivity contribution in [1.82, 2.24) is 4.31 Å². The molecule has 1 fully saturated rings. The van der Waals surface area contributed by atoms with Gasteiger partial charge in [0, 0.05) is 29.6 Å². The Morgan fingerprint density at radius 1 is 0.938 bits per heavy atom. The SMILES string of the molecule is CC1=CCC[C@@]2(C)[C@@H](CC[C@@]2(O)CN(Cc2cccc3ccccc23)S(C)(=O)=O)c2ccc(cc2C(=O)c2ccccc2)C[C@@H](O)CC1. The fourth-order valence-corrected chi connectivity index (χ4v) is 8.97. The van der Waals surface area contributed by atoms with Gasteiger partial charge in [0.2, 0.25) is 10.0 Å². The first-order valence-electron chi connectivity index (χ1n) is 17.1. The maximum Gasteiger partial charge on any atom is 0.211 e. The lowest BCUT2D eigenvalue weighted by atomic mass is 9.64. The number of fused-ring (bicyclic) bond motifs is 9. The molecule has 4 atom stereocenters. The lowest BCUT2D eigenvalue weighted by molar-refractivity contribution is -0.0730. The van der Waals surface area contributed by atoms with Crippen LogP contribution in [-0.4, -0.2) is 53.2 Å². The molecule has 0 amide bonds. The highest BCUT2D eigenvalue weighted by Crippen LogP contribution is 2.59. The second-order valence-corrected chi connectivity index (χ2v) is 16.3. The number of hydrogen-bond donors (Lipinski definition) is 2. The normalized spacial score (nSPS) is 25.1. The summed E-state index contributed by atoms with van der Waals surface area (Å²) >= 11 is 0. The van der Waals surface area contributed by atoms with Gasteiger partial charge in [-0.05, 0) is 91.3 Å². The van der Waals surface area contributed by atoms with Crippen molar-refractivity contribution in [2.24, 2.45) is 5.41 Å². The minimum absolute atomic E-state index is 0.0447. The largest absolute Gasteiger partial charge is 0.393 e. The van der Waals surface area contributed by atoms with E-state index in [2.05, 4.69) is 19.9 Å². The summed E-state index contributed by atoms with van der Waals surface area (Å²) in [6.45, 7) is 4.28. The van der Waals surface area contributed by atoms with Crippen molar-refractivity contribution in [2.45, 2.75) is 83.0 Å². The lowest BCUT2D eigenvalue weighted by Crippen LogP contribution is -2.53. The smallest absolute Gasteiger partial charge is 0.211 e. The maximum absolute atomic E-state index is 14.2. The molecule has 3 aliphatic carbocycles. The van der Waals surface area contributed by atoms with Crippen molar-refractivity contribution in [1.29, 1.82) is 0 Å². The van der Waals surface area contributed by atoms with E-state index in [0.717, 1.165) is 33.9 Å². The van der Waals surface area contributed by atoms with Crippen molar-refractivity contribution >= 4 is 26.6 Å². The van der Waals surface area contributed by atoms with Gasteiger partial charge in [-0.25, -0.2) is 8.42 Å². The maximum atomic E-state index is 14.2. The number of nitrogens with zero attached hydrogens (tertiary/aromatic N) is 1. The molecule has 0 unspecified atom stereocenters. The number of sulfonamides is 1. The standard InChI is InChI=1S/C41H47NO5S/c1-29-11-10-23-40(2)38(36-21-19-30(25-34(43)20-18-29)26-37(36)39(44)32-13-5-4-6-14-32)22-24-41(40,45)28-42(48(3,46)47)27-33-16-9-15-31-12-7-8-17-35(31)33/h4-9,11-17,19,21,26,34,38,43,45H,10,18,20,22-25,27-28H2,1-3H3/t34-,38-,40-,41+/m0/s1. The van der Waals surface area contributed by atoms with Gasteiger partial charge < -0.3 is 10.2 Å². The number of benzene rings is 4. The van der Waals surface area contributed by atoms with Gasteiger partial charge in [-0.1, -0.05) is 104 Å². The van der Waals surface area contributed by atoms with Crippen LogP contribution < -0.4 is 0 Å². The number of rotatable bonds is 7. The third kappa shape index (κ3) is 6.92. The number of carbonyl (C=O) groups is 1. The number of hydrogen-bond acceptors (Lipinski definition) is 5. The van der Waals surface area contributed by atoms with Gasteiger partial charge in [-0.15, -0.1) is 0 Å². The molecule has 1 saturated carbocycles. The summed E-state index contributed by atoms with van der Waals surface area (Å²) in [6, 6.07) is 29.1. The van der Waals surface area contributed by atoms with Crippen LogP contribution in [0.4, 0.5) is 0 Å². The van der Waals surface area contributed by atoms with E-state index in [1.165, 1.54) is 16.1 Å². The molecule has 6 nitrogen and oxygen atoms in total. The van der Waals surface area contributed by atoms with E-state index in [1.807, 2.05) is 91.0 Å². The van der Waals surface area contributed by atoms with Gasteiger partial charge >= 0.3 is 0 Å². The van der Waals surface area contributed by atoms with Crippen LogP contribution in [0, 0.1) is 5.41 Å². The molecule has 0 heterocycles. The molecule has 3 aliphatic rings. The molecule has 0 aromatic heterocycles. The molecule has 48 heavy (non-hydrogen) atoms. The molecule has 0 saturated heterocycles. The number of ketones is 1. The summed E-state index contributed by atoms with van der Waals surface area (Å²) < 4.78 is 28.3. The number of aliphatic hydroxyl groups excluding tert-OH is 1. The fraction of sp³-hybridized carbons (Fsp3) is 0.390. The van der Waals surface area contributed by atoms with Crippen LogP contribution in [0.3, 0.4) is 0 Å². The van der Waals surface area contributed by atoms with E-state index in [0.29, 0.717) is 49.7 Å². The van der Waals surface area contributed by atoms with Crippen LogP contribution in [0.5, 0.6) is 0 Å². The molecular formula is C41H47NO5S. The Hall–Kier alpha value is -3.62. The molecule has 2 N–H and O–H groups in total. The first kappa shape index (κ1) is 34.3. The lowest BCUT2D eigenvalue weighted by Gasteiger charge is -2.45. The van der Waals surface area contributed by atoms with Crippen molar-refractivity contribution in [3.8, 4) is 0 Å². The van der Waals surface area contributed by atoms with Gasteiger partial charge in [0.25, 0.3) is 0 Å². The van der Waals surface area contributed by atoms with Gasteiger partial charge in [-0.3, -0.25) is 4.79 Å². The monoisotopic (exact) mass is 665 g/mol. The highest BCUT2D eigenvalue weighted by atomic mass is 32.2. The zero-order valence-electron chi connectivity index (χ0n) is 28.2. The van der Waals surface area contributed by atoms with Crippen LogP contribution in [0.1, 0.15) is 90.9 Å². The predicted molar refractivity (Wildman–Crippen MR) is 192 cm³/mol. The van der Waals surface area contributed by atoms with Crippen molar-refractivity contribution < 1.29 is 23.4 Å². The van der Waals surface area contributed by atoms with Crippen LogP contribution in [-0.2, 0) is 23.0 Å². The molecule has 4 aromatic carbocycles. The minimum atomic E-state index is -3.71. The van der Waals surface area contributed by atoms with E-state index in [-0.39, 0.29) is 24.8 Å². The first-order chi connectivity index (χ1) is 22.9. The second kappa shape index (κ2) is 13.7. The summed E-state index contributed by atoms with van der Waals surface area (Å²) in [5, 5.41) is 25.7. The van der Waals surface area contributed by atoms with Crippen LogP contribution in [0.2, 0.25) is 0 Å². The van der Waals surface area contributed by atoms with Gasteiger partial charge in [0.15, 0.2) is 5.78 Å². The topological polar surface area (TPSA) is 94.9 Å². The molecule has 252 valence electrons. The van der Waals surface area contributed by atoms with Gasteiger partial charge in [0.1, 0.15) is 0 Å². The summed E-state index contributed by atoms with van der Waals surface area (Å²) in [5.41, 5.74) is 2.93. The van der Waals surface area contributed by atoms with E-state index in [4.69, 9.17) is 0 Å². The Bertz CT molecular complexity index is 1930. The Kier molecular flexibility index (Phi) is 9.78. The third-order valence-corrected chi connectivity index (χ3v) is 12.3. The summed E-state index contributed by atoms with van der Waals surface area (Å²) in [5.74, 6) is -0.281. The second-order valence-electron chi connectivity index (χ2n) is 14.3. The van der Waals surface area contributed by atoms with Gasteiger partial charge in [0.05, 0.1) is 18.0 Å². The Balaban J connectivity index is 1.44. The molecule has 0 radical (unpaired) electrons. The Morgan fingerprint density at radius 3 is 2.44 bits per heavy atom. The third-order valence-electron chi connectivity index (χ3n) is 11.1. The van der Waals surface area contributed by atoms with E-state index in [9.17, 15) is 23.4 Å². The van der Waals surface area contributed by atoms with Crippen molar-refractivity contribution in [3.63, 3.8) is 0 Å². The Labute approximate surface area is 285 Å². The molecule has 7 heteroatoms. The highest BCUT2D eigenvalue weighted by molar-refractivity contribution is 7.88. The summed E-state index contributed by atoms with van der Waals surface area (Å²) in [4.78, 5) is 14.2. The molecule has 2 bridgehead atoms. The van der Waals surface area contributed by atoms with Gasteiger partial charge in [-0.2, -0.15) is 4.31 Å². The van der Waals surface area contributed by atoms with E-state index >= 15 is 0 Å². The minimum Gasteiger partial charge on any atom is -0.393 e. The zero-order valence-corrected chi connectivity index (χ0v) is 29.0. The molecular weight excluding hydrogens is 619 g/mol. The molecule has 4 aromatic rings. The van der Waals surface area contributed by atoms with Crippen LogP contribution in [0.25, 0.3) is 10.8 Å². The van der Waals surface area contributed by atoms with Crippen molar-refractivity contribution in [2.75, 3.05) is 12.8 Å². The highest BCUT2D eigenvalue weighted by Gasteiger charge is 2.58. The van der Waals surface area contributed by atoms with Crippen LogP contribution >= 0.6 is 0 Å². The average molecular weight is 666 g/mol. The average Bonchev–Trinajstić information content (AvgIpc) is 3.32. The molecule has 0 spiro atoms.